The van der Waals surface area contributed by atoms with Crippen molar-refractivity contribution in [1.82, 2.24) is 0 Å². The molecular weight excluding hydrogens is 360 g/mol. The van der Waals surface area contributed by atoms with E-state index in [0.29, 0.717) is 6.61 Å². The Morgan fingerprint density at radius 1 is 1.33 bits per heavy atom. The molecule has 0 aliphatic carbocycles. The second kappa shape index (κ2) is 7.10. The first kappa shape index (κ1) is 15.4. The molecule has 0 unspecified atom stereocenters. The highest BCUT2D eigenvalue weighted by Crippen LogP contribution is 2.35. The summed E-state index contributed by atoms with van der Waals surface area (Å²) in [5.41, 5.74) is 1.74. The number of rotatable bonds is 5. The summed E-state index contributed by atoms with van der Waals surface area (Å²) < 4.78 is 7.27. The van der Waals surface area contributed by atoms with Crippen molar-refractivity contribution in [1.29, 1.82) is 0 Å². The maximum Gasteiger partial charge on any atom is 0.147 e. The van der Waals surface area contributed by atoms with E-state index in [1.807, 2.05) is 39.0 Å². The number of carbonyl (C=O) groups excluding carboxylic acids is 1. The largest absolute Gasteiger partial charge is 0.492 e. The Labute approximate surface area is 125 Å². The molecule has 18 heavy (non-hydrogen) atoms. The van der Waals surface area contributed by atoms with Crippen molar-refractivity contribution in [2.45, 2.75) is 20.8 Å². The van der Waals surface area contributed by atoms with Crippen LogP contribution in [-0.4, -0.2) is 12.9 Å². The fraction of sp³-hybridized carbons (Fsp3) is 0.357. The third-order valence-electron chi connectivity index (χ3n) is 2.45. The predicted octanol–water partition coefficient (Wildman–Crippen LogP) is 4.85. The fourth-order valence-corrected chi connectivity index (χ4v) is 2.93. The minimum absolute atomic E-state index is 0.214. The van der Waals surface area contributed by atoms with Gasteiger partial charge in [0.05, 0.1) is 15.6 Å². The molecule has 0 aliphatic heterocycles. The molecule has 2 nitrogen and oxygen atoms in total. The summed E-state index contributed by atoms with van der Waals surface area (Å²) >= 11 is 6.95. The van der Waals surface area contributed by atoms with Crippen molar-refractivity contribution in [3.63, 3.8) is 0 Å². The number of aldehydes is 1. The molecule has 4 heteroatoms. The normalized spacial score (nSPS) is 11.8. The van der Waals surface area contributed by atoms with Crippen LogP contribution in [0.2, 0.25) is 0 Å². The maximum atomic E-state index is 11.0. The van der Waals surface area contributed by atoms with Gasteiger partial charge >= 0.3 is 0 Å². The van der Waals surface area contributed by atoms with Crippen molar-refractivity contribution in [3.05, 3.63) is 32.2 Å². The van der Waals surface area contributed by atoms with Crippen LogP contribution in [0.25, 0.3) is 6.08 Å². The Morgan fingerprint density at radius 2 is 1.89 bits per heavy atom. The van der Waals surface area contributed by atoms with Gasteiger partial charge in [-0.1, -0.05) is 13.8 Å². The Kier molecular flexibility index (Phi) is 6.09. The van der Waals surface area contributed by atoms with E-state index in [2.05, 4.69) is 31.9 Å². The van der Waals surface area contributed by atoms with Crippen molar-refractivity contribution in [2.24, 2.45) is 5.92 Å². The molecule has 0 heterocycles. The third-order valence-corrected chi connectivity index (χ3v) is 3.62. The topological polar surface area (TPSA) is 26.3 Å². The number of ether oxygens (including phenoxy) is 1. The molecule has 0 spiro atoms. The molecule has 0 amide bonds. The molecule has 1 rings (SSSR count). The van der Waals surface area contributed by atoms with Gasteiger partial charge in [0, 0.05) is 0 Å². The molecule has 98 valence electrons. The van der Waals surface area contributed by atoms with Crippen LogP contribution in [-0.2, 0) is 4.79 Å². The van der Waals surface area contributed by atoms with Crippen molar-refractivity contribution in [2.75, 3.05) is 6.61 Å². The Bertz CT molecular complexity index is 442. The molecule has 1 aromatic carbocycles. The van der Waals surface area contributed by atoms with E-state index >= 15 is 0 Å². The van der Waals surface area contributed by atoms with Crippen LogP contribution < -0.4 is 4.74 Å². The second-order valence-electron chi connectivity index (χ2n) is 4.16. The molecule has 0 aliphatic rings. The zero-order valence-electron chi connectivity index (χ0n) is 10.7. The smallest absolute Gasteiger partial charge is 0.147 e. The summed E-state index contributed by atoms with van der Waals surface area (Å²) in [7, 11) is 0. The highest BCUT2D eigenvalue weighted by Gasteiger charge is 2.09. The van der Waals surface area contributed by atoms with Gasteiger partial charge in [0.25, 0.3) is 0 Å². The number of benzene rings is 1. The quantitative estimate of drug-likeness (QED) is 0.543. The molecule has 0 aromatic heterocycles. The Hall–Kier alpha value is -0.610. The lowest BCUT2D eigenvalue weighted by Gasteiger charge is -2.10. The molecular formula is C14H16Br2O2. The van der Waals surface area contributed by atoms with Crippen molar-refractivity contribution < 1.29 is 9.53 Å². The molecule has 0 saturated carbocycles. The second-order valence-corrected chi connectivity index (χ2v) is 5.87. The van der Waals surface area contributed by atoms with E-state index in [0.717, 1.165) is 32.1 Å². The zero-order chi connectivity index (χ0) is 13.7. The van der Waals surface area contributed by atoms with Crippen molar-refractivity contribution in [3.8, 4) is 5.75 Å². The average Bonchev–Trinajstić information content (AvgIpc) is 2.30. The number of halogens is 2. The maximum absolute atomic E-state index is 11.0. The summed E-state index contributed by atoms with van der Waals surface area (Å²) in [6.07, 6.45) is 2.80. The van der Waals surface area contributed by atoms with Gasteiger partial charge in [0.1, 0.15) is 12.0 Å². The lowest BCUT2D eigenvalue weighted by atomic mass is 10.0. The molecule has 0 bridgehead atoms. The van der Waals surface area contributed by atoms with E-state index in [1.165, 1.54) is 0 Å². The van der Waals surface area contributed by atoms with E-state index in [-0.39, 0.29) is 5.92 Å². The minimum atomic E-state index is 0.214. The highest BCUT2D eigenvalue weighted by molar-refractivity contribution is 9.11. The van der Waals surface area contributed by atoms with Gasteiger partial charge in [-0.25, -0.2) is 0 Å². The van der Waals surface area contributed by atoms with Gasteiger partial charge in [-0.2, -0.15) is 0 Å². The SMILES string of the molecule is CCOc1c(Br)cc(C=C(C=O)C(C)C)cc1Br. The van der Waals surface area contributed by atoms with E-state index < -0.39 is 0 Å². The third kappa shape index (κ3) is 3.95. The minimum Gasteiger partial charge on any atom is -0.492 e. The van der Waals surface area contributed by atoms with Crippen molar-refractivity contribution >= 4 is 44.2 Å². The zero-order valence-corrected chi connectivity index (χ0v) is 13.8. The van der Waals surface area contributed by atoms with Gasteiger partial charge < -0.3 is 4.74 Å². The summed E-state index contributed by atoms with van der Waals surface area (Å²) in [5.74, 6) is 0.999. The van der Waals surface area contributed by atoms with Crippen LogP contribution in [0.5, 0.6) is 5.75 Å². The molecule has 0 N–H and O–H groups in total. The average molecular weight is 376 g/mol. The summed E-state index contributed by atoms with van der Waals surface area (Å²) in [4.78, 5) is 11.0. The molecule has 0 radical (unpaired) electrons. The lowest BCUT2D eigenvalue weighted by molar-refractivity contribution is -0.105. The standard InChI is InChI=1S/C14H16Br2O2/c1-4-18-14-12(15)6-10(7-13(14)16)5-11(8-17)9(2)3/h5-9H,4H2,1-3H3. The molecule has 1 aromatic rings. The Balaban J connectivity index is 3.17. The van der Waals surface area contributed by atoms with E-state index in [9.17, 15) is 4.79 Å². The van der Waals surface area contributed by atoms with E-state index in [4.69, 9.17) is 4.74 Å². The lowest BCUT2D eigenvalue weighted by Crippen LogP contribution is -1.96. The van der Waals surface area contributed by atoms with Gasteiger partial charge in [-0.15, -0.1) is 0 Å². The van der Waals surface area contributed by atoms with Crippen LogP contribution in [0, 0.1) is 5.92 Å². The summed E-state index contributed by atoms with van der Waals surface area (Å²) in [6, 6.07) is 3.89. The number of allylic oxidation sites excluding steroid dienone is 1. The number of carbonyl (C=O) groups is 1. The monoisotopic (exact) mass is 374 g/mol. The first-order chi connectivity index (χ1) is 8.49. The van der Waals surface area contributed by atoms with Crippen LogP contribution >= 0.6 is 31.9 Å². The number of hydrogen-bond acceptors (Lipinski definition) is 2. The van der Waals surface area contributed by atoms with Gasteiger partial charge in [0.2, 0.25) is 0 Å². The first-order valence-corrected chi connectivity index (χ1v) is 7.36. The Morgan fingerprint density at radius 3 is 2.28 bits per heavy atom. The predicted molar refractivity (Wildman–Crippen MR) is 81.9 cm³/mol. The van der Waals surface area contributed by atoms with Gasteiger partial charge in [-0.05, 0) is 74.0 Å². The van der Waals surface area contributed by atoms with Crippen LogP contribution in [0.1, 0.15) is 26.3 Å². The van der Waals surface area contributed by atoms with Crippen LogP contribution in [0.3, 0.4) is 0 Å². The molecule has 0 fully saturated rings. The molecule has 0 atom stereocenters. The fourth-order valence-electron chi connectivity index (χ4n) is 1.47. The van der Waals surface area contributed by atoms with Gasteiger partial charge in [-0.3, -0.25) is 4.79 Å². The highest BCUT2D eigenvalue weighted by atomic mass is 79.9. The van der Waals surface area contributed by atoms with Gasteiger partial charge in [0.15, 0.2) is 0 Å². The summed E-state index contributed by atoms with van der Waals surface area (Å²) in [5, 5.41) is 0. The molecule has 0 saturated heterocycles. The van der Waals surface area contributed by atoms with Crippen LogP contribution in [0.15, 0.2) is 26.7 Å². The summed E-state index contributed by atoms with van der Waals surface area (Å²) in [6.45, 7) is 6.55. The van der Waals surface area contributed by atoms with Crippen LogP contribution in [0.4, 0.5) is 0 Å². The van der Waals surface area contributed by atoms with E-state index in [1.54, 1.807) is 0 Å². The number of hydrogen-bond donors (Lipinski definition) is 0. The first-order valence-electron chi connectivity index (χ1n) is 5.78.